The van der Waals surface area contributed by atoms with Crippen molar-refractivity contribution >= 4 is 38.3 Å². The van der Waals surface area contributed by atoms with E-state index in [1.165, 1.54) is 18.4 Å². The number of carbonyl (C=O) groups is 1. The summed E-state index contributed by atoms with van der Waals surface area (Å²) in [6, 6.07) is 8.93. The minimum atomic E-state index is -0.283. The molecule has 0 bridgehead atoms. The smallest absolute Gasteiger partial charge is 0.257 e. The number of pyridine rings is 1. The highest BCUT2D eigenvalue weighted by Gasteiger charge is 2.16. The molecular formula is C18H16BrN3O3S. The van der Waals surface area contributed by atoms with Gasteiger partial charge in [-0.2, -0.15) is 0 Å². The van der Waals surface area contributed by atoms with Crippen LogP contribution in [0, 0.1) is 0 Å². The molecule has 0 aliphatic heterocycles. The van der Waals surface area contributed by atoms with Crippen LogP contribution < -0.4 is 14.8 Å². The van der Waals surface area contributed by atoms with Crippen molar-refractivity contribution < 1.29 is 14.3 Å². The maximum Gasteiger partial charge on any atom is 0.257 e. The minimum Gasteiger partial charge on any atom is -0.493 e. The predicted molar refractivity (Wildman–Crippen MR) is 105 cm³/mol. The van der Waals surface area contributed by atoms with Gasteiger partial charge in [0, 0.05) is 17.1 Å². The van der Waals surface area contributed by atoms with Gasteiger partial charge in [0.15, 0.2) is 16.6 Å². The first-order valence-corrected chi connectivity index (χ1v) is 9.48. The zero-order valence-electron chi connectivity index (χ0n) is 14.2. The molecule has 0 radical (unpaired) electrons. The fourth-order valence-corrected chi connectivity index (χ4v) is 3.52. The Morgan fingerprint density at radius 1 is 1.31 bits per heavy atom. The molecule has 1 N–H and O–H groups in total. The number of thiazole rings is 1. The zero-order chi connectivity index (χ0) is 18.5. The molecule has 0 saturated carbocycles. The van der Waals surface area contributed by atoms with Crippen molar-refractivity contribution in [2.24, 2.45) is 0 Å². The molecule has 6 nitrogen and oxygen atoms in total. The number of methoxy groups -OCH3 is 1. The van der Waals surface area contributed by atoms with Crippen molar-refractivity contribution in [1.29, 1.82) is 0 Å². The molecule has 0 spiro atoms. The number of rotatable bonds is 6. The lowest BCUT2D eigenvalue weighted by Gasteiger charge is -2.13. The van der Waals surface area contributed by atoms with E-state index in [4.69, 9.17) is 9.47 Å². The van der Waals surface area contributed by atoms with Gasteiger partial charge in [0.1, 0.15) is 5.69 Å². The fraction of sp³-hybridized carbons (Fsp3) is 0.167. The number of hydrogen-bond acceptors (Lipinski definition) is 6. The molecule has 0 atom stereocenters. The van der Waals surface area contributed by atoms with E-state index < -0.39 is 0 Å². The van der Waals surface area contributed by atoms with Gasteiger partial charge in [0.25, 0.3) is 5.91 Å². The number of halogens is 1. The molecule has 8 heteroatoms. The van der Waals surface area contributed by atoms with Crippen LogP contribution in [0.1, 0.15) is 17.3 Å². The Labute approximate surface area is 163 Å². The second-order valence-corrected chi connectivity index (χ2v) is 6.84. The molecule has 134 valence electrons. The first kappa shape index (κ1) is 18.3. The lowest BCUT2D eigenvalue weighted by atomic mass is 10.2. The summed E-state index contributed by atoms with van der Waals surface area (Å²) < 4.78 is 11.5. The normalized spacial score (nSPS) is 10.4. The van der Waals surface area contributed by atoms with Crippen LogP contribution in [0.5, 0.6) is 11.5 Å². The summed E-state index contributed by atoms with van der Waals surface area (Å²) in [6.45, 7) is 2.38. The molecular weight excluding hydrogens is 418 g/mol. The number of anilines is 1. The van der Waals surface area contributed by atoms with Crippen molar-refractivity contribution in [3.8, 4) is 22.9 Å². The zero-order valence-corrected chi connectivity index (χ0v) is 16.6. The van der Waals surface area contributed by atoms with Crippen LogP contribution in [0.15, 0.2) is 46.4 Å². The second-order valence-electron chi connectivity index (χ2n) is 5.13. The Bertz CT molecular complexity index is 915. The number of ether oxygens (including phenoxy) is 2. The average Bonchev–Trinajstić information content (AvgIpc) is 3.12. The maximum atomic E-state index is 12.6. The van der Waals surface area contributed by atoms with Gasteiger partial charge >= 0.3 is 0 Å². The van der Waals surface area contributed by atoms with E-state index in [2.05, 4.69) is 31.2 Å². The SMILES string of the molecule is CCOc1c(Br)cc(C(=O)Nc2nc(-c3ccccn3)cs2)cc1OC. The Morgan fingerprint density at radius 2 is 2.15 bits per heavy atom. The van der Waals surface area contributed by atoms with E-state index in [1.807, 2.05) is 30.5 Å². The molecule has 1 aromatic carbocycles. The van der Waals surface area contributed by atoms with Gasteiger partial charge in [0.05, 0.1) is 23.9 Å². The molecule has 0 aliphatic rings. The Hall–Kier alpha value is -2.45. The second kappa shape index (κ2) is 8.29. The molecule has 2 heterocycles. The van der Waals surface area contributed by atoms with Gasteiger partial charge < -0.3 is 9.47 Å². The fourth-order valence-electron chi connectivity index (χ4n) is 2.27. The molecule has 0 unspecified atom stereocenters. The first-order chi connectivity index (χ1) is 12.6. The third-order valence-corrected chi connectivity index (χ3v) is 4.78. The molecule has 0 fully saturated rings. The van der Waals surface area contributed by atoms with E-state index >= 15 is 0 Å². The summed E-state index contributed by atoms with van der Waals surface area (Å²) in [6.07, 6.45) is 1.71. The number of hydrogen-bond donors (Lipinski definition) is 1. The van der Waals surface area contributed by atoms with Crippen LogP contribution in [-0.2, 0) is 0 Å². The molecule has 2 aromatic heterocycles. The summed E-state index contributed by atoms with van der Waals surface area (Å²) in [4.78, 5) is 21.2. The summed E-state index contributed by atoms with van der Waals surface area (Å²) in [5, 5.41) is 5.16. The summed E-state index contributed by atoms with van der Waals surface area (Å²) >= 11 is 4.76. The van der Waals surface area contributed by atoms with Crippen molar-refractivity contribution in [2.45, 2.75) is 6.92 Å². The molecule has 0 aliphatic carbocycles. The van der Waals surface area contributed by atoms with E-state index in [-0.39, 0.29) is 5.91 Å². The monoisotopic (exact) mass is 433 g/mol. The average molecular weight is 434 g/mol. The van der Waals surface area contributed by atoms with Crippen molar-refractivity contribution in [3.05, 3.63) is 51.9 Å². The van der Waals surface area contributed by atoms with Crippen LogP contribution in [0.3, 0.4) is 0 Å². The van der Waals surface area contributed by atoms with E-state index in [1.54, 1.807) is 18.3 Å². The van der Waals surface area contributed by atoms with Gasteiger partial charge in [-0.1, -0.05) is 6.07 Å². The first-order valence-electron chi connectivity index (χ1n) is 7.81. The number of carbonyl (C=O) groups excluding carboxylic acids is 1. The molecule has 3 aromatic rings. The van der Waals surface area contributed by atoms with Gasteiger partial charge in [-0.3, -0.25) is 15.1 Å². The minimum absolute atomic E-state index is 0.283. The third kappa shape index (κ3) is 4.03. The Balaban J connectivity index is 1.80. The van der Waals surface area contributed by atoms with E-state index in [0.29, 0.717) is 33.3 Å². The Morgan fingerprint density at radius 3 is 2.85 bits per heavy atom. The summed E-state index contributed by atoms with van der Waals surface area (Å²) in [5.41, 5.74) is 1.91. The molecule has 26 heavy (non-hydrogen) atoms. The standard InChI is InChI=1S/C18H16BrN3O3S/c1-3-25-16-12(19)8-11(9-15(16)24-2)17(23)22-18-21-14(10-26-18)13-6-4-5-7-20-13/h4-10H,3H2,1-2H3,(H,21,22,23). The van der Waals surface area contributed by atoms with Crippen LogP contribution in [-0.4, -0.2) is 29.6 Å². The predicted octanol–water partition coefficient (Wildman–Crippen LogP) is 4.63. The number of nitrogens with one attached hydrogen (secondary N) is 1. The van der Waals surface area contributed by atoms with Gasteiger partial charge in [-0.25, -0.2) is 4.98 Å². The highest BCUT2D eigenvalue weighted by Crippen LogP contribution is 2.37. The number of benzene rings is 1. The quantitative estimate of drug-likeness (QED) is 0.613. The number of amides is 1. The highest BCUT2D eigenvalue weighted by molar-refractivity contribution is 9.10. The van der Waals surface area contributed by atoms with Crippen LogP contribution in [0.2, 0.25) is 0 Å². The highest BCUT2D eigenvalue weighted by atomic mass is 79.9. The van der Waals surface area contributed by atoms with Gasteiger partial charge in [-0.15, -0.1) is 11.3 Å². The molecule has 0 saturated heterocycles. The van der Waals surface area contributed by atoms with Crippen molar-refractivity contribution in [3.63, 3.8) is 0 Å². The lowest BCUT2D eigenvalue weighted by Crippen LogP contribution is -2.12. The van der Waals surface area contributed by atoms with Crippen LogP contribution in [0.4, 0.5) is 5.13 Å². The summed E-state index contributed by atoms with van der Waals surface area (Å²) in [7, 11) is 1.53. The van der Waals surface area contributed by atoms with Gasteiger partial charge in [-0.05, 0) is 47.1 Å². The lowest BCUT2D eigenvalue weighted by molar-refractivity contribution is 0.102. The summed E-state index contributed by atoms with van der Waals surface area (Å²) in [5.74, 6) is 0.770. The largest absolute Gasteiger partial charge is 0.493 e. The van der Waals surface area contributed by atoms with Crippen LogP contribution >= 0.6 is 27.3 Å². The van der Waals surface area contributed by atoms with Crippen LogP contribution in [0.25, 0.3) is 11.4 Å². The van der Waals surface area contributed by atoms with E-state index in [9.17, 15) is 4.79 Å². The van der Waals surface area contributed by atoms with Gasteiger partial charge in [0.2, 0.25) is 0 Å². The molecule has 1 amide bonds. The topological polar surface area (TPSA) is 73.3 Å². The van der Waals surface area contributed by atoms with Crippen molar-refractivity contribution in [2.75, 3.05) is 19.0 Å². The number of nitrogens with zero attached hydrogens (tertiary/aromatic N) is 2. The Kier molecular flexibility index (Phi) is 5.85. The van der Waals surface area contributed by atoms with E-state index in [0.717, 1.165) is 11.4 Å². The molecule has 3 rings (SSSR count). The maximum absolute atomic E-state index is 12.6. The third-order valence-electron chi connectivity index (χ3n) is 3.43. The van der Waals surface area contributed by atoms with Crippen molar-refractivity contribution in [1.82, 2.24) is 9.97 Å². The number of aromatic nitrogens is 2.